The third-order valence-electron chi connectivity index (χ3n) is 5.61. The van der Waals surface area contributed by atoms with E-state index in [0.29, 0.717) is 35.2 Å². The van der Waals surface area contributed by atoms with Gasteiger partial charge in [0.25, 0.3) is 0 Å². The van der Waals surface area contributed by atoms with Crippen LogP contribution in [0.5, 0.6) is 11.6 Å². The summed E-state index contributed by atoms with van der Waals surface area (Å²) in [6.07, 6.45) is 1.64. The monoisotopic (exact) mass is 473 g/mol. The molecule has 35 heavy (non-hydrogen) atoms. The van der Waals surface area contributed by atoms with Crippen molar-refractivity contribution < 1.29 is 13.8 Å². The van der Waals surface area contributed by atoms with Gasteiger partial charge in [0.15, 0.2) is 17.3 Å². The Morgan fingerprint density at radius 3 is 2.66 bits per heavy atom. The van der Waals surface area contributed by atoms with Gasteiger partial charge in [0.1, 0.15) is 17.1 Å². The number of anilines is 1. The van der Waals surface area contributed by atoms with Crippen LogP contribution in [0.3, 0.4) is 0 Å². The molecule has 0 amide bonds. The lowest BCUT2D eigenvalue weighted by atomic mass is 10.0. The number of imidazole rings is 1. The zero-order chi connectivity index (χ0) is 24.4. The molecule has 0 fully saturated rings. The van der Waals surface area contributed by atoms with Gasteiger partial charge in [0.05, 0.1) is 17.3 Å². The number of aromatic nitrogens is 5. The smallest absolute Gasteiger partial charge is 0.229 e. The fraction of sp³-hybridized carbons (Fsp3) is 0.200. The standard InChI is InChI=1S/C25H24FN7O2/c1-3-28-13-15-6-5-7-16(12-15)20-22-19(14-29-25(20)34-18-10-8-17(26)9-11-18)30-24(33(22)4-2)21-23(27)32-35-31-21/h5-12,14,28H,3-4,13H2,1-2H3,(H2,27,32). The number of halogens is 1. The van der Waals surface area contributed by atoms with E-state index < -0.39 is 0 Å². The maximum Gasteiger partial charge on any atom is 0.229 e. The number of nitrogens with zero attached hydrogens (tertiary/aromatic N) is 5. The maximum absolute atomic E-state index is 13.5. The Kier molecular flexibility index (Phi) is 6.11. The van der Waals surface area contributed by atoms with Gasteiger partial charge in [-0.1, -0.05) is 25.1 Å². The van der Waals surface area contributed by atoms with Crippen LogP contribution in [0.2, 0.25) is 0 Å². The van der Waals surface area contributed by atoms with Crippen LogP contribution in [0.15, 0.2) is 59.4 Å². The molecule has 3 N–H and O–H groups in total. The van der Waals surface area contributed by atoms with Crippen LogP contribution in [0, 0.1) is 5.82 Å². The number of hydrogen-bond acceptors (Lipinski definition) is 8. The van der Waals surface area contributed by atoms with E-state index in [0.717, 1.165) is 35.3 Å². The Labute approximate surface area is 200 Å². The molecule has 0 bridgehead atoms. The number of fused-ring (bicyclic) bond motifs is 1. The first-order valence-corrected chi connectivity index (χ1v) is 11.3. The second-order valence-corrected chi connectivity index (χ2v) is 7.89. The van der Waals surface area contributed by atoms with Gasteiger partial charge < -0.3 is 20.4 Å². The van der Waals surface area contributed by atoms with Crippen LogP contribution >= 0.6 is 0 Å². The van der Waals surface area contributed by atoms with Crippen molar-refractivity contribution in [1.82, 2.24) is 30.2 Å². The number of ether oxygens (including phenoxy) is 1. The fourth-order valence-corrected chi connectivity index (χ4v) is 4.01. The normalized spacial score (nSPS) is 11.3. The molecule has 0 radical (unpaired) electrons. The van der Waals surface area contributed by atoms with Crippen LogP contribution < -0.4 is 15.8 Å². The van der Waals surface area contributed by atoms with Gasteiger partial charge in [-0.15, -0.1) is 0 Å². The minimum Gasteiger partial charge on any atom is -0.438 e. The van der Waals surface area contributed by atoms with Crippen molar-refractivity contribution in [2.24, 2.45) is 0 Å². The Morgan fingerprint density at radius 1 is 1.11 bits per heavy atom. The summed E-state index contributed by atoms with van der Waals surface area (Å²) >= 11 is 0. The first kappa shape index (κ1) is 22.5. The Bertz CT molecular complexity index is 1480. The zero-order valence-electron chi connectivity index (χ0n) is 19.3. The molecule has 178 valence electrons. The summed E-state index contributed by atoms with van der Waals surface area (Å²) in [6, 6.07) is 14.0. The van der Waals surface area contributed by atoms with Crippen molar-refractivity contribution in [3.8, 4) is 34.3 Å². The summed E-state index contributed by atoms with van der Waals surface area (Å²) in [4.78, 5) is 9.33. The molecule has 3 heterocycles. The van der Waals surface area contributed by atoms with E-state index in [-0.39, 0.29) is 11.6 Å². The second-order valence-electron chi connectivity index (χ2n) is 7.89. The summed E-state index contributed by atoms with van der Waals surface area (Å²) in [5, 5.41) is 11.0. The van der Waals surface area contributed by atoms with Gasteiger partial charge in [0.2, 0.25) is 5.88 Å². The lowest BCUT2D eigenvalue weighted by Gasteiger charge is -2.15. The van der Waals surface area contributed by atoms with Gasteiger partial charge >= 0.3 is 0 Å². The molecule has 0 spiro atoms. The summed E-state index contributed by atoms with van der Waals surface area (Å²) in [5.41, 5.74) is 10.6. The first-order chi connectivity index (χ1) is 17.1. The van der Waals surface area contributed by atoms with Crippen LogP contribution in [0.25, 0.3) is 33.7 Å². The summed E-state index contributed by atoms with van der Waals surface area (Å²) < 4.78 is 26.4. The lowest BCUT2D eigenvalue weighted by Crippen LogP contribution is -2.11. The molecule has 5 rings (SSSR count). The maximum atomic E-state index is 13.5. The predicted octanol–water partition coefficient (Wildman–Crippen LogP) is 4.79. The molecule has 2 aromatic carbocycles. The van der Waals surface area contributed by atoms with Crippen molar-refractivity contribution in [1.29, 1.82) is 0 Å². The van der Waals surface area contributed by atoms with E-state index in [9.17, 15) is 4.39 Å². The van der Waals surface area contributed by atoms with Gasteiger partial charge in [-0.2, -0.15) is 0 Å². The molecule has 0 unspecified atom stereocenters. The van der Waals surface area contributed by atoms with Crippen molar-refractivity contribution in [3.05, 3.63) is 66.1 Å². The van der Waals surface area contributed by atoms with Gasteiger partial charge in [-0.3, -0.25) is 0 Å². The topological polar surface area (TPSA) is 117 Å². The van der Waals surface area contributed by atoms with Gasteiger partial charge in [-0.05, 0) is 65.2 Å². The number of nitrogens with two attached hydrogens (primary N) is 1. The SMILES string of the molecule is CCNCc1cccc(-c2c(Oc3ccc(F)cc3)ncc3nc(-c4nonc4N)n(CC)c23)c1. The highest BCUT2D eigenvalue weighted by molar-refractivity contribution is 5.97. The number of aryl methyl sites for hydroxylation is 1. The molecule has 0 aliphatic heterocycles. The minimum absolute atomic E-state index is 0.153. The fourth-order valence-electron chi connectivity index (χ4n) is 4.01. The molecule has 0 aliphatic rings. The number of nitrogen functional groups attached to an aromatic ring is 1. The van der Waals surface area contributed by atoms with Gasteiger partial charge in [0, 0.05) is 13.1 Å². The van der Waals surface area contributed by atoms with E-state index in [1.54, 1.807) is 18.3 Å². The van der Waals surface area contributed by atoms with E-state index in [1.807, 2.05) is 23.6 Å². The van der Waals surface area contributed by atoms with E-state index in [1.165, 1.54) is 12.1 Å². The lowest BCUT2D eigenvalue weighted by molar-refractivity contribution is 0.310. The Morgan fingerprint density at radius 2 is 1.94 bits per heavy atom. The zero-order valence-corrected chi connectivity index (χ0v) is 19.3. The minimum atomic E-state index is -0.343. The Balaban J connectivity index is 1.75. The molecule has 0 atom stereocenters. The summed E-state index contributed by atoms with van der Waals surface area (Å²) in [5.74, 6) is 1.17. The van der Waals surface area contributed by atoms with Crippen molar-refractivity contribution in [2.75, 3.05) is 12.3 Å². The van der Waals surface area contributed by atoms with Crippen LogP contribution in [0.1, 0.15) is 19.4 Å². The summed E-state index contributed by atoms with van der Waals surface area (Å²) in [7, 11) is 0. The van der Waals surface area contributed by atoms with Crippen molar-refractivity contribution >= 4 is 16.9 Å². The van der Waals surface area contributed by atoms with E-state index in [4.69, 9.17) is 20.1 Å². The Hall–Kier alpha value is -4.31. The molecule has 0 aliphatic carbocycles. The molecule has 3 aromatic heterocycles. The van der Waals surface area contributed by atoms with E-state index in [2.05, 4.69) is 39.7 Å². The van der Waals surface area contributed by atoms with Crippen LogP contribution in [0.4, 0.5) is 10.2 Å². The van der Waals surface area contributed by atoms with E-state index >= 15 is 0 Å². The van der Waals surface area contributed by atoms with Crippen molar-refractivity contribution in [2.45, 2.75) is 26.9 Å². The molecular weight excluding hydrogens is 449 g/mol. The number of pyridine rings is 1. The number of nitrogens with one attached hydrogen (secondary N) is 1. The third kappa shape index (κ3) is 4.31. The quantitative estimate of drug-likeness (QED) is 0.330. The molecule has 9 nitrogen and oxygen atoms in total. The molecule has 0 saturated heterocycles. The number of rotatable bonds is 8. The molecule has 5 aromatic rings. The average Bonchev–Trinajstić information content (AvgIpc) is 3.46. The number of hydrogen-bond donors (Lipinski definition) is 2. The number of benzene rings is 2. The third-order valence-corrected chi connectivity index (χ3v) is 5.61. The highest BCUT2D eigenvalue weighted by atomic mass is 19.1. The first-order valence-electron chi connectivity index (χ1n) is 11.3. The average molecular weight is 474 g/mol. The summed E-state index contributed by atoms with van der Waals surface area (Å²) in [6.45, 7) is 6.22. The highest BCUT2D eigenvalue weighted by Gasteiger charge is 2.24. The van der Waals surface area contributed by atoms with Crippen molar-refractivity contribution in [3.63, 3.8) is 0 Å². The highest BCUT2D eigenvalue weighted by Crippen LogP contribution is 2.40. The van der Waals surface area contributed by atoms with Crippen LogP contribution in [-0.2, 0) is 13.1 Å². The predicted molar refractivity (Wildman–Crippen MR) is 130 cm³/mol. The molecule has 10 heteroatoms. The second kappa shape index (κ2) is 9.51. The molecule has 0 saturated carbocycles. The van der Waals surface area contributed by atoms with Gasteiger partial charge in [-0.25, -0.2) is 19.0 Å². The van der Waals surface area contributed by atoms with Crippen LogP contribution in [-0.4, -0.2) is 31.4 Å². The largest absolute Gasteiger partial charge is 0.438 e. The molecular formula is C25H24FN7O2.